The minimum atomic E-state index is -0.894. The quantitative estimate of drug-likeness (QED) is 0.891. The molecule has 1 amide bonds. The van der Waals surface area contributed by atoms with Gasteiger partial charge in [-0.05, 0) is 24.6 Å². The molecule has 0 saturated heterocycles. The summed E-state index contributed by atoms with van der Waals surface area (Å²) in [4.78, 5) is 26.6. The number of oxazole rings is 1. The number of hydrogen-bond acceptors (Lipinski definition) is 4. The van der Waals surface area contributed by atoms with Gasteiger partial charge in [-0.3, -0.25) is 9.59 Å². The zero-order valence-electron chi connectivity index (χ0n) is 11.1. The Balaban J connectivity index is 2.08. The minimum absolute atomic E-state index is 0.0470. The number of nitrogens with zero attached hydrogens (tertiary/aromatic N) is 1. The third-order valence-corrected chi connectivity index (χ3v) is 2.68. The van der Waals surface area contributed by atoms with Gasteiger partial charge in [-0.2, -0.15) is 0 Å². The highest BCUT2D eigenvalue weighted by Gasteiger charge is 2.15. The Labute approximate surface area is 115 Å². The number of aliphatic carboxylic acids is 1. The summed E-state index contributed by atoms with van der Waals surface area (Å²) in [5.74, 6) is -0.662. The van der Waals surface area contributed by atoms with Crippen LogP contribution in [0.25, 0.3) is 0 Å². The fraction of sp³-hybridized carbons (Fsp3) is 0.214. The first-order chi connectivity index (χ1) is 9.45. The van der Waals surface area contributed by atoms with E-state index in [1.807, 2.05) is 0 Å². The van der Waals surface area contributed by atoms with Crippen LogP contribution in [0.1, 0.15) is 27.7 Å². The standard InChI is InChI=1S/C14H14N2O4/c1-8-13(20-9(2)15-8)14(19)16-11-5-3-10(4-6-11)7-12(17)18/h3-6H,7H2,1-2H3,(H,16,19)(H,17,18). The monoisotopic (exact) mass is 274 g/mol. The third-order valence-electron chi connectivity index (χ3n) is 2.68. The first-order valence-corrected chi connectivity index (χ1v) is 6.02. The van der Waals surface area contributed by atoms with Gasteiger partial charge in [0.1, 0.15) is 0 Å². The molecule has 0 radical (unpaired) electrons. The maximum absolute atomic E-state index is 12.0. The molecule has 0 fully saturated rings. The molecule has 104 valence electrons. The van der Waals surface area contributed by atoms with E-state index < -0.39 is 5.97 Å². The summed E-state index contributed by atoms with van der Waals surface area (Å²) in [5.41, 5.74) is 1.77. The number of amides is 1. The van der Waals surface area contributed by atoms with Crippen LogP contribution in [0.3, 0.4) is 0 Å². The Morgan fingerprint density at radius 1 is 1.25 bits per heavy atom. The van der Waals surface area contributed by atoms with E-state index in [1.54, 1.807) is 38.1 Å². The largest absolute Gasteiger partial charge is 0.481 e. The van der Waals surface area contributed by atoms with Crippen LogP contribution < -0.4 is 5.32 Å². The number of nitrogens with one attached hydrogen (secondary N) is 1. The van der Waals surface area contributed by atoms with Crippen LogP contribution in [0.4, 0.5) is 5.69 Å². The summed E-state index contributed by atoms with van der Waals surface area (Å²) in [6.45, 7) is 3.37. The molecule has 0 aliphatic carbocycles. The fourth-order valence-electron chi connectivity index (χ4n) is 1.81. The number of benzene rings is 1. The average Bonchev–Trinajstić information content (AvgIpc) is 2.70. The predicted molar refractivity (Wildman–Crippen MR) is 71.7 cm³/mol. The molecule has 20 heavy (non-hydrogen) atoms. The van der Waals surface area contributed by atoms with Gasteiger partial charge in [-0.15, -0.1) is 0 Å². The van der Waals surface area contributed by atoms with Crippen LogP contribution in [0.5, 0.6) is 0 Å². The lowest BCUT2D eigenvalue weighted by Crippen LogP contribution is -2.12. The molecule has 2 aromatic rings. The summed E-state index contributed by atoms with van der Waals surface area (Å²) < 4.78 is 5.22. The lowest BCUT2D eigenvalue weighted by molar-refractivity contribution is -0.136. The Hall–Kier alpha value is -2.63. The Kier molecular flexibility index (Phi) is 3.84. The molecule has 0 saturated carbocycles. The minimum Gasteiger partial charge on any atom is -0.481 e. The van der Waals surface area contributed by atoms with Crippen LogP contribution in [-0.4, -0.2) is 22.0 Å². The van der Waals surface area contributed by atoms with Gasteiger partial charge in [0.2, 0.25) is 5.76 Å². The number of hydrogen-bond donors (Lipinski definition) is 2. The van der Waals surface area contributed by atoms with Crippen molar-refractivity contribution in [3.8, 4) is 0 Å². The van der Waals surface area contributed by atoms with Gasteiger partial charge in [0.05, 0.1) is 12.1 Å². The second-order valence-corrected chi connectivity index (χ2v) is 4.37. The van der Waals surface area contributed by atoms with Gasteiger partial charge >= 0.3 is 5.97 Å². The summed E-state index contributed by atoms with van der Waals surface area (Å²) in [6.07, 6.45) is -0.0470. The summed E-state index contributed by atoms with van der Waals surface area (Å²) in [5, 5.41) is 11.3. The van der Waals surface area contributed by atoms with Crippen molar-refractivity contribution >= 4 is 17.6 Å². The van der Waals surface area contributed by atoms with Crippen molar-refractivity contribution in [3.05, 3.63) is 47.2 Å². The number of carbonyl (C=O) groups is 2. The van der Waals surface area contributed by atoms with Crippen molar-refractivity contribution in [1.82, 2.24) is 4.98 Å². The number of carbonyl (C=O) groups excluding carboxylic acids is 1. The zero-order valence-corrected chi connectivity index (χ0v) is 11.1. The highest BCUT2D eigenvalue weighted by atomic mass is 16.4. The Morgan fingerprint density at radius 3 is 2.40 bits per heavy atom. The van der Waals surface area contributed by atoms with Crippen LogP contribution >= 0.6 is 0 Å². The van der Waals surface area contributed by atoms with Gasteiger partial charge < -0.3 is 14.8 Å². The van der Waals surface area contributed by atoms with E-state index in [0.29, 0.717) is 22.8 Å². The molecule has 0 spiro atoms. The van der Waals surface area contributed by atoms with Crippen molar-refractivity contribution in [2.24, 2.45) is 0 Å². The number of rotatable bonds is 4. The third kappa shape index (κ3) is 3.23. The second kappa shape index (κ2) is 5.56. The molecular weight excluding hydrogens is 260 g/mol. The van der Waals surface area contributed by atoms with Crippen molar-refractivity contribution < 1.29 is 19.1 Å². The Bertz CT molecular complexity index is 644. The van der Waals surface area contributed by atoms with Crippen LogP contribution in [0.15, 0.2) is 28.7 Å². The molecule has 0 aliphatic rings. The summed E-state index contributed by atoms with van der Waals surface area (Å²) >= 11 is 0. The molecule has 0 atom stereocenters. The van der Waals surface area contributed by atoms with E-state index in [-0.39, 0.29) is 18.1 Å². The highest BCUT2D eigenvalue weighted by Crippen LogP contribution is 2.14. The van der Waals surface area contributed by atoms with E-state index >= 15 is 0 Å². The molecule has 0 bridgehead atoms. The van der Waals surface area contributed by atoms with Crippen LogP contribution in [-0.2, 0) is 11.2 Å². The normalized spacial score (nSPS) is 10.3. The van der Waals surface area contributed by atoms with E-state index in [4.69, 9.17) is 9.52 Å². The van der Waals surface area contributed by atoms with Gasteiger partial charge in [0.25, 0.3) is 5.91 Å². The molecule has 6 heteroatoms. The molecule has 0 aliphatic heterocycles. The highest BCUT2D eigenvalue weighted by molar-refractivity contribution is 6.02. The first kappa shape index (κ1) is 13.8. The van der Waals surface area contributed by atoms with Gasteiger partial charge in [-0.1, -0.05) is 12.1 Å². The smallest absolute Gasteiger partial charge is 0.307 e. The van der Waals surface area contributed by atoms with Gasteiger partial charge in [0.15, 0.2) is 5.89 Å². The zero-order chi connectivity index (χ0) is 14.7. The van der Waals surface area contributed by atoms with Gasteiger partial charge in [0, 0.05) is 12.6 Å². The lowest BCUT2D eigenvalue weighted by Gasteiger charge is -2.04. The number of carboxylic acids is 1. The molecule has 2 N–H and O–H groups in total. The van der Waals surface area contributed by atoms with E-state index in [9.17, 15) is 9.59 Å². The number of aromatic nitrogens is 1. The topological polar surface area (TPSA) is 92.4 Å². The molecular formula is C14H14N2O4. The lowest BCUT2D eigenvalue weighted by atomic mass is 10.1. The van der Waals surface area contributed by atoms with E-state index in [0.717, 1.165) is 0 Å². The summed E-state index contributed by atoms with van der Waals surface area (Å²) in [6, 6.07) is 6.61. The fourth-order valence-corrected chi connectivity index (χ4v) is 1.81. The van der Waals surface area contributed by atoms with Crippen molar-refractivity contribution in [1.29, 1.82) is 0 Å². The first-order valence-electron chi connectivity index (χ1n) is 6.02. The molecule has 0 unspecified atom stereocenters. The SMILES string of the molecule is Cc1nc(C)c(C(=O)Nc2ccc(CC(=O)O)cc2)o1. The molecule has 6 nitrogen and oxygen atoms in total. The van der Waals surface area contributed by atoms with Crippen molar-refractivity contribution in [2.45, 2.75) is 20.3 Å². The van der Waals surface area contributed by atoms with Gasteiger partial charge in [-0.25, -0.2) is 4.98 Å². The average molecular weight is 274 g/mol. The van der Waals surface area contributed by atoms with E-state index in [1.165, 1.54) is 0 Å². The number of carboxylic acid groups (broad SMARTS) is 1. The maximum Gasteiger partial charge on any atom is 0.307 e. The molecule has 2 rings (SSSR count). The molecule has 1 aromatic heterocycles. The maximum atomic E-state index is 12.0. The number of anilines is 1. The molecule has 1 heterocycles. The van der Waals surface area contributed by atoms with Crippen LogP contribution in [0, 0.1) is 13.8 Å². The predicted octanol–water partition coefficient (Wildman–Crippen LogP) is 2.17. The van der Waals surface area contributed by atoms with Crippen LogP contribution in [0.2, 0.25) is 0 Å². The van der Waals surface area contributed by atoms with Crippen molar-refractivity contribution in [2.75, 3.05) is 5.32 Å². The molecule has 1 aromatic carbocycles. The summed E-state index contributed by atoms with van der Waals surface area (Å²) in [7, 11) is 0. The number of aryl methyl sites for hydroxylation is 2. The Morgan fingerprint density at radius 2 is 1.90 bits per heavy atom. The second-order valence-electron chi connectivity index (χ2n) is 4.37. The van der Waals surface area contributed by atoms with Crippen molar-refractivity contribution in [3.63, 3.8) is 0 Å². The van der Waals surface area contributed by atoms with E-state index in [2.05, 4.69) is 10.3 Å².